The van der Waals surface area contributed by atoms with Crippen LogP contribution in [0, 0.1) is 5.92 Å². The number of carbonyl (C=O) groups excluding carboxylic acids is 1. The second kappa shape index (κ2) is 5.47. The molecule has 4 heteroatoms. The molecule has 1 unspecified atom stereocenters. The Morgan fingerprint density at radius 2 is 2.23 bits per heavy atom. The molecule has 0 aromatic rings. The van der Waals surface area contributed by atoms with Gasteiger partial charge in [-0.05, 0) is 36.7 Å². The number of thioether (sulfide) groups is 1. The minimum Gasteiger partial charge on any atom is -0.467 e. The Hall–Kier alpha value is -0.250. The van der Waals surface area contributed by atoms with Crippen LogP contribution in [-0.4, -0.2) is 30.8 Å². The van der Waals surface area contributed by atoms with Crippen molar-refractivity contribution in [3.05, 3.63) is 0 Å². The molecule has 1 atom stereocenters. The Morgan fingerprint density at radius 3 is 2.77 bits per heavy atom. The molecule has 0 aromatic carbocycles. The second-order valence-corrected chi connectivity index (χ2v) is 4.51. The summed E-state index contributed by atoms with van der Waals surface area (Å²) in [6.07, 6.45) is 0.982. The minimum absolute atomic E-state index is 0.341. The first kappa shape index (κ1) is 10.8. The van der Waals surface area contributed by atoms with Crippen molar-refractivity contribution < 1.29 is 13.9 Å². The van der Waals surface area contributed by atoms with Crippen LogP contribution in [0.5, 0.6) is 0 Å². The summed E-state index contributed by atoms with van der Waals surface area (Å²) in [5.74, 6) is 1.84. The highest BCUT2D eigenvalue weighted by molar-refractivity contribution is 7.99. The first-order chi connectivity index (χ1) is 6.24. The lowest BCUT2D eigenvalue weighted by Gasteiger charge is -2.21. The van der Waals surface area contributed by atoms with Crippen LogP contribution in [-0.2, 0) is 9.53 Å². The fraction of sp³-hybridized carbons (Fsp3) is 0.889. The SMILES string of the molecule is COC(=O)C(F)CC1CCSCC1. The quantitative estimate of drug-likeness (QED) is 0.661. The van der Waals surface area contributed by atoms with Gasteiger partial charge in [-0.3, -0.25) is 0 Å². The number of ether oxygens (including phenoxy) is 1. The van der Waals surface area contributed by atoms with E-state index in [1.807, 2.05) is 11.8 Å². The van der Waals surface area contributed by atoms with Crippen molar-refractivity contribution in [2.75, 3.05) is 18.6 Å². The normalized spacial score (nSPS) is 21.1. The van der Waals surface area contributed by atoms with Crippen LogP contribution < -0.4 is 0 Å². The van der Waals surface area contributed by atoms with E-state index < -0.39 is 12.1 Å². The molecule has 1 aliphatic heterocycles. The largest absolute Gasteiger partial charge is 0.467 e. The maximum atomic E-state index is 13.1. The number of carbonyl (C=O) groups is 1. The maximum absolute atomic E-state index is 13.1. The summed E-state index contributed by atoms with van der Waals surface area (Å²) >= 11 is 1.90. The molecule has 0 saturated carbocycles. The molecule has 0 aliphatic carbocycles. The zero-order valence-electron chi connectivity index (χ0n) is 7.79. The van der Waals surface area contributed by atoms with Crippen LogP contribution in [0.4, 0.5) is 4.39 Å². The highest BCUT2D eigenvalue weighted by Gasteiger charge is 2.24. The number of hydrogen-bond acceptors (Lipinski definition) is 3. The highest BCUT2D eigenvalue weighted by atomic mass is 32.2. The van der Waals surface area contributed by atoms with E-state index >= 15 is 0 Å². The molecule has 1 aliphatic rings. The predicted molar refractivity (Wildman–Crippen MR) is 51.6 cm³/mol. The fourth-order valence-electron chi connectivity index (χ4n) is 1.50. The maximum Gasteiger partial charge on any atom is 0.340 e. The number of halogens is 1. The highest BCUT2D eigenvalue weighted by Crippen LogP contribution is 2.27. The Balaban J connectivity index is 2.25. The summed E-state index contributed by atoms with van der Waals surface area (Å²) in [6, 6.07) is 0. The zero-order valence-corrected chi connectivity index (χ0v) is 8.61. The Morgan fingerprint density at radius 1 is 1.62 bits per heavy atom. The van der Waals surface area contributed by atoms with Crippen molar-refractivity contribution in [2.24, 2.45) is 5.92 Å². The van der Waals surface area contributed by atoms with Crippen LogP contribution >= 0.6 is 11.8 Å². The molecule has 0 aromatic heterocycles. The van der Waals surface area contributed by atoms with Gasteiger partial charge in [-0.1, -0.05) is 0 Å². The van der Waals surface area contributed by atoms with Gasteiger partial charge >= 0.3 is 5.97 Å². The fourth-order valence-corrected chi connectivity index (χ4v) is 2.70. The summed E-state index contributed by atoms with van der Waals surface area (Å²) in [7, 11) is 1.23. The molecule has 2 nitrogen and oxygen atoms in total. The lowest BCUT2D eigenvalue weighted by atomic mass is 9.96. The molecule has 1 rings (SSSR count). The summed E-state index contributed by atoms with van der Waals surface area (Å²) in [6.45, 7) is 0. The van der Waals surface area contributed by atoms with E-state index in [-0.39, 0.29) is 0 Å². The molecule has 1 saturated heterocycles. The molecule has 0 bridgehead atoms. The molecule has 0 amide bonds. The van der Waals surface area contributed by atoms with Crippen LogP contribution in [0.25, 0.3) is 0 Å². The van der Waals surface area contributed by atoms with E-state index in [9.17, 15) is 9.18 Å². The lowest BCUT2D eigenvalue weighted by molar-refractivity contribution is -0.147. The summed E-state index contributed by atoms with van der Waals surface area (Å²) in [4.78, 5) is 10.8. The van der Waals surface area contributed by atoms with E-state index in [0.29, 0.717) is 12.3 Å². The molecule has 0 radical (unpaired) electrons. The van der Waals surface area contributed by atoms with Crippen LogP contribution in [0.2, 0.25) is 0 Å². The number of alkyl halides is 1. The molecule has 0 N–H and O–H groups in total. The van der Waals surface area contributed by atoms with Crippen LogP contribution in [0.3, 0.4) is 0 Å². The van der Waals surface area contributed by atoms with Gasteiger partial charge in [0.1, 0.15) is 0 Å². The number of esters is 1. The van der Waals surface area contributed by atoms with Crippen LogP contribution in [0.15, 0.2) is 0 Å². The molecule has 1 fully saturated rings. The average molecular weight is 206 g/mol. The van der Waals surface area contributed by atoms with Crippen molar-refractivity contribution in [3.63, 3.8) is 0 Å². The van der Waals surface area contributed by atoms with E-state index in [0.717, 1.165) is 24.3 Å². The third kappa shape index (κ3) is 3.55. The minimum atomic E-state index is -1.42. The Kier molecular flexibility index (Phi) is 4.56. The van der Waals surface area contributed by atoms with Gasteiger partial charge < -0.3 is 4.74 Å². The number of methoxy groups -OCH3 is 1. The van der Waals surface area contributed by atoms with Gasteiger partial charge in [-0.15, -0.1) is 0 Å². The van der Waals surface area contributed by atoms with E-state index in [1.165, 1.54) is 7.11 Å². The summed E-state index contributed by atoms with van der Waals surface area (Å²) in [5.41, 5.74) is 0. The molecular weight excluding hydrogens is 191 g/mol. The topological polar surface area (TPSA) is 26.3 Å². The van der Waals surface area contributed by atoms with Crippen molar-refractivity contribution >= 4 is 17.7 Å². The van der Waals surface area contributed by atoms with E-state index in [1.54, 1.807) is 0 Å². The monoisotopic (exact) mass is 206 g/mol. The standard InChI is InChI=1S/C9H15FO2S/c1-12-9(11)8(10)6-7-2-4-13-5-3-7/h7-8H,2-6H2,1H3. The molecular formula is C9H15FO2S. The first-order valence-corrected chi connectivity index (χ1v) is 5.69. The third-order valence-corrected chi connectivity index (χ3v) is 3.39. The van der Waals surface area contributed by atoms with Crippen molar-refractivity contribution in [1.29, 1.82) is 0 Å². The summed E-state index contributed by atoms with van der Waals surface area (Å²) in [5, 5.41) is 0. The predicted octanol–water partition coefficient (Wildman–Crippen LogP) is 2.03. The molecule has 13 heavy (non-hydrogen) atoms. The second-order valence-electron chi connectivity index (χ2n) is 3.28. The molecule has 76 valence electrons. The number of hydrogen-bond donors (Lipinski definition) is 0. The van der Waals surface area contributed by atoms with Crippen molar-refractivity contribution in [3.8, 4) is 0 Å². The smallest absolute Gasteiger partial charge is 0.340 e. The molecule has 1 heterocycles. The van der Waals surface area contributed by atoms with Gasteiger partial charge in [0.2, 0.25) is 0 Å². The lowest BCUT2D eigenvalue weighted by Crippen LogP contribution is -2.22. The molecule has 0 spiro atoms. The summed E-state index contributed by atoms with van der Waals surface area (Å²) < 4.78 is 17.4. The van der Waals surface area contributed by atoms with Crippen molar-refractivity contribution in [1.82, 2.24) is 0 Å². The first-order valence-electron chi connectivity index (χ1n) is 4.53. The number of rotatable bonds is 3. The van der Waals surface area contributed by atoms with Gasteiger partial charge in [0.25, 0.3) is 0 Å². The van der Waals surface area contributed by atoms with Gasteiger partial charge in [0.05, 0.1) is 7.11 Å². The van der Waals surface area contributed by atoms with Crippen LogP contribution in [0.1, 0.15) is 19.3 Å². The Bertz CT molecular complexity index is 169. The van der Waals surface area contributed by atoms with E-state index in [4.69, 9.17) is 0 Å². The van der Waals surface area contributed by atoms with Gasteiger partial charge in [0.15, 0.2) is 6.17 Å². The average Bonchev–Trinajstić information content (AvgIpc) is 2.18. The van der Waals surface area contributed by atoms with Gasteiger partial charge in [-0.2, -0.15) is 11.8 Å². The zero-order chi connectivity index (χ0) is 9.68. The van der Waals surface area contributed by atoms with Gasteiger partial charge in [0, 0.05) is 0 Å². The Labute approximate surface area is 82.2 Å². The van der Waals surface area contributed by atoms with Crippen molar-refractivity contribution in [2.45, 2.75) is 25.4 Å². The third-order valence-electron chi connectivity index (χ3n) is 2.34. The van der Waals surface area contributed by atoms with Gasteiger partial charge in [-0.25, -0.2) is 9.18 Å². The van der Waals surface area contributed by atoms with E-state index in [2.05, 4.69) is 4.74 Å².